The molecule has 1 amide bonds. The molecular formula is C14H11N3O2S. The highest BCUT2D eigenvalue weighted by Crippen LogP contribution is 2.16. The SMILES string of the molecule is COc1ccc(/C=C(/C#N)C(=O)Nc2nccs2)cc1. The van der Waals surface area contributed by atoms with Crippen molar-refractivity contribution < 1.29 is 9.53 Å². The summed E-state index contributed by atoms with van der Waals surface area (Å²) in [6.45, 7) is 0. The smallest absolute Gasteiger partial charge is 0.268 e. The van der Waals surface area contributed by atoms with Crippen LogP contribution in [0.4, 0.5) is 5.13 Å². The third kappa shape index (κ3) is 3.43. The van der Waals surface area contributed by atoms with E-state index in [4.69, 9.17) is 10.00 Å². The van der Waals surface area contributed by atoms with Crippen molar-refractivity contribution in [3.8, 4) is 11.8 Å². The van der Waals surface area contributed by atoms with Gasteiger partial charge in [-0.1, -0.05) is 12.1 Å². The fraction of sp³-hybridized carbons (Fsp3) is 0.0714. The average molecular weight is 285 g/mol. The van der Waals surface area contributed by atoms with Gasteiger partial charge in [0.2, 0.25) is 0 Å². The Morgan fingerprint density at radius 1 is 1.45 bits per heavy atom. The average Bonchev–Trinajstić information content (AvgIpc) is 2.98. The molecule has 0 atom stereocenters. The summed E-state index contributed by atoms with van der Waals surface area (Å²) in [6.07, 6.45) is 3.10. The summed E-state index contributed by atoms with van der Waals surface area (Å²) < 4.78 is 5.05. The minimum atomic E-state index is -0.474. The second kappa shape index (κ2) is 6.50. The van der Waals surface area contributed by atoms with Gasteiger partial charge in [-0.2, -0.15) is 5.26 Å². The van der Waals surface area contributed by atoms with Crippen LogP contribution in [0.25, 0.3) is 6.08 Å². The Kier molecular flexibility index (Phi) is 4.47. The van der Waals surface area contributed by atoms with Crippen LogP contribution in [-0.4, -0.2) is 18.0 Å². The van der Waals surface area contributed by atoms with Crippen molar-refractivity contribution in [1.29, 1.82) is 5.26 Å². The molecule has 0 saturated carbocycles. The first-order valence-electron chi connectivity index (χ1n) is 5.69. The van der Waals surface area contributed by atoms with Crippen molar-refractivity contribution in [2.24, 2.45) is 0 Å². The lowest BCUT2D eigenvalue weighted by Crippen LogP contribution is -2.13. The van der Waals surface area contributed by atoms with Crippen molar-refractivity contribution >= 4 is 28.5 Å². The van der Waals surface area contributed by atoms with Crippen LogP contribution in [0.15, 0.2) is 41.4 Å². The number of ether oxygens (including phenoxy) is 1. The topological polar surface area (TPSA) is 75.0 Å². The Balaban J connectivity index is 2.16. The number of nitriles is 1. The second-order valence-corrected chi connectivity index (χ2v) is 4.63. The van der Waals surface area contributed by atoms with Gasteiger partial charge in [0, 0.05) is 11.6 Å². The van der Waals surface area contributed by atoms with E-state index in [1.165, 1.54) is 17.4 Å². The Morgan fingerprint density at radius 2 is 2.20 bits per heavy atom. The van der Waals surface area contributed by atoms with Gasteiger partial charge in [0.1, 0.15) is 17.4 Å². The van der Waals surface area contributed by atoms with Crippen molar-refractivity contribution in [3.05, 3.63) is 47.0 Å². The van der Waals surface area contributed by atoms with E-state index >= 15 is 0 Å². The first-order chi connectivity index (χ1) is 9.72. The first-order valence-corrected chi connectivity index (χ1v) is 6.57. The molecule has 20 heavy (non-hydrogen) atoms. The summed E-state index contributed by atoms with van der Waals surface area (Å²) in [6, 6.07) is 8.95. The van der Waals surface area contributed by atoms with Gasteiger partial charge in [-0.15, -0.1) is 11.3 Å². The summed E-state index contributed by atoms with van der Waals surface area (Å²) in [7, 11) is 1.58. The number of amides is 1. The van der Waals surface area contributed by atoms with Gasteiger partial charge in [-0.3, -0.25) is 10.1 Å². The van der Waals surface area contributed by atoms with Crippen LogP contribution in [0, 0.1) is 11.3 Å². The number of thiazole rings is 1. The van der Waals surface area contributed by atoms with Crippen molar-refractivity contribution in [3.63, 3.8) is 0 Å². The van der Waals surface area contributed by atoms with Gasteiger partial charge in [0.15, 0.2) is 5.13 Å². The summed E-state index contributed by atoms with van der Waals surface area (Å²) in [4.78, 5) is 15.8. The number of nitrogens with zero attached hydrogens (tertiary/aromatic N) is 2. The monoisotopic (exact) mass is 285 g/mol. The maximum atomic E-state index is 11.9. The lowest BCUT2D eigenvalue weighted by molar-refractivity contribution is -0.112. The predicted molar refractivity (Wildman–Crippen MR) is 77.3 cm³/mol. The van der Waals surface area contributed by atoms with Crippen LogP contribution in [0.5, 0.6) is 5.75 Å². The number of carbonyl (C=O) groups is 1. The zero-order valence-electron chi connectivity index (χ0n) is 10.7. The molecule has 5 nitrogen and oxygen atoms in total. The van der Waals surface area contributed by atoms with Crippen LogP contribution in [0.1, 0.15) is 5.56 Å². The van der Waals surface area contributed by atoms with Crippen molar-refractivity contribution in [2.75, 3.05) is 12.4 Å². The van der Waals surface area contributed by atoms with Gasteiger partial charge in [0.25, 0.3) is 5.91 Å². The first kappa shape index (κ1) is 13.8. The standard InChI is InChI=1S/C14H11N3O2S/c1-19-12-4-2-10(3-5-12)8-11(9-15)13(18)17-14-16-6-7-20-14/h2-8H,1H3,(H,16,17,18)/b11-8-. The predicted octanol–water partition coefficient (Wildman–Crippen LogP) is 2.70. The minimum Gasteiger partial charge on any atom is -0.497 e. The Bertz CT molecular complexity index is 655. The quantitative estimate of drug-likeness (QED) is 0.692. The molecule has 0 fully saturated rings. The number of rotatable bonds is 4. The lowest BCUT2D eigenvalue weighted by atomic mass is 10.1. The number of hydrogen-bond acceptors (Lipinski definition) is 5. The van der Waals surface area contributed by atoms with Crippen LogP contribution in [0.3, 0.4) is 0 Å². The Hall–Kier alpha value is -2.65. The molecule has 0 saturated heterocycles. The molecule has 1 heterocycles. The normalized spacial score (nSPS) is 10.7. The van der Waals surface area contributed by atoms with Crippen LogP contribution < -0.4 is 10.1 Å². The number of methoxy groups -OCH3 is 1. The lowest BCUT2D eigenvalue weighted by Gasteiger charge is -2.01. The molecule has 0 aliphatic rings. The molecule has 0 aliphatic carbocycles. The summed E-state index contributed by atoms with van der Waals surface area (Å²) in [5.74, 6) is 0.242. The molecular weight excluding hydrogens is 274 g/mol. The fourth-order valence-corrected chi connectivity index (χ4v) is 1.99. The van der Waals surface area contributed by atoms with E-state index in [1.807, 2.05) is 6.07 Å². The Labute approximate surface area is 120 Å². The van der Waals surface area contributed by atoms with Crippen LogP contribution >= 0.6 is 11.3 Å². The van der Waals surface area contributed by atoms with Crippen LogP contribution in [0.2, 0.25) is 0 Å². The molecule has 0 bridgehead atoms. The largest absolute Gasteiger partial charge is 0.497 e. The van der Waals surface area contributed by atoms with E-state index in [0.717, 1.165) is 5.56 Å². The van der Waals surface area contributed by atoms with E-state index < -0.39 is 5.91 Å². The van der Waals surface area contributed by atoms with Crippen LogP contribution in [-0.2, 0) is 4.79 Å². The molecule has 2 aromatic rings. The van der Waals surface area contributed by atoms with E-state index in [2.05, 4.69) is 10.3 Å². The maximum absolute atomic E-state index is 11.9. The molecule has 1 N–H and O–H groups in total. The van der Waals surface area contributed by atoms with Gasteiger partial charge in [-0.25, -0.2) is 4.98 Å². The molecule has 0 spiro atoms. The summed E-state index contributed by atoms with van der Waals surface area (Å²) >= 11 is 1.29. The number of nitrogens with one attached hydrogen (secondary N) is 1. The number of anilines is 1. The van der Waals surface area contributed by atoms with E-state index in [-0.39, 0.29) is 5.57 Å². The van der Waals surface area contributed by atoms with Gasteiger partial charge >= 0.3 is 0 Å². The molecule has 0 unspecified atom stereocenters. The molecule has 100 valence electrons. The van der Waals surface area contributed by atoms with Gasteiger partial charge in [-0.05, 0) is 23.8 Å². The molecule has 0 radical (unpaired) electrons. The highest BCUT2D eigenvalue weighted by molar-refractivity contribution is 7.13. The van der Waals surface area contributed by atoms with E-state index in [9.17, 15) is 4.79 Å². The number of benzene rings is 1. The molecule has 6 heteroatoms. The highest BCUT2D eigenvalue weighted by Gasteiger charge is 2.10. The minimum absolute atomic E-state index is 0.0189. The van der Waals surface area contributed by atoms with Crippen molar-refractivity contribution in [2.45, 2.75) is 0 Å². The van der Waals surface area contributed by atoms with Gasteiger partial charge in [0.05, 0.1) is 7.11 Å². The highest BCUT2D eigenvalue weighted by atomic mass is 32.1. The summed E-state index contributed by atoms with van der Waals surface area (Å²) in [5, 5.41) is 13.8. The van der Waals surface area contributed by atoms with E-state index in [1.54, 1.807) is 43.0 Å². The fourth-order valence-electron chi connectivity index (χ4n) is 1.47. The molecule has 0 aliphatic heterocycles. The zero-order chi connectivity index (χ0) is 14.4. The molecule has 1 aromatic heterocycles. The molecule has 1 aromatic carbocycles. The summed E-state index contributed by atoms with van der Waals surface area (Å²) in [5.41, 5.74) is 0.766. The third-order valence-electron chi connectivity index (χ3n) is 2.44. The zero-order valence-corrected chi connectivity index (χ0v) is 11.5. The third-order valence-corrected chi connectivity index (χ3v) is 3.13. The van der Waals surface area contributed by atoms with Crippen molar-refractivity contribution in [1.82, 2.24) is 4.98 Å². The second-order valence-electron chi connectivity index (χ2n) is 3.73. The van der Waals surface area contributed by atoms with Gasteiger partial charge < -0.3 is 4.74 Å². The van der Waals surface area contributed by atoms with E-state index in [0.29, 0.717) is 10.9 Å². The Morgan fingerprint density at radius 3 is 2.75 bits per heavy atom. The maximum Gasteiger partial charge on any atom is 0.268 e. The number of hydrogen-bond donors (Lipinski definition) is 1. The number of aromatic nitrogens is 1. The molecule has 2 rings (SSSR count). The number of carbonyl (C=O) groups excluding carboxylic acids is 1.